The number of nitrogens with zero attached hydrogens (tertiary/aromatic N) is 3. The Morgan fingerprint density at radius 2 is 2.00 bits per heavy atom. The Bertz CT molecular complexity index is 754. The van der Waals surface area contributed by atoms with Crippen LogP contribution in [0.2, 0.25) is 10.2 Å². The summed E-state index contributed by atoms with van der Waals surface area (Å²) >= 11 is 12.1. The van der Waals surface area contributed by atoms with Gasteiger partial charge in [0, 0.05) is 32.9 Å². The second kappa shape index (κ2) is 10.5. The Balaban J connectivity index is 0.00000392. The van der Waals surface area contributed by atoms with Crippen molar-refractivity contribution >= 4 is 65.1 Å². The molecule has 0 radical (unpaired) electrons. The van der Waals surface area contributed by atoms with Gasteiger partial charge < -0.3 is 20.5 Å². The number of urea groups is 1. The second-order valence-electron chi connectivity index (χ2n) is 6.61. The number of aliphatic imine (C=N–C) groups is 1. The number of imide groups is 1. The van der Waals surface area contributed by atoms with E-state index < -0.39 is 5.54 Å². The molecule has 1 unspecified atom stereocenters. The Morgan fingerprint density at radius 1 is 1.32 bits per heavy atom. The molecule has 2 rings (SSSR count). The van der Waals surface area contributed by atoms with Crippen molar-refractivity contribution in [1.82, 2.24) is 25.4 Å². The van der Waals surface area contributed by atoms with Crippen LogP contribution in [0.25, 0.3) is 0 Å². The average molecular weight is 545 g/mol. The summed E-state index contributed by atoms with van der Waals surface area (Å²) in [4.78, 5) is 29.7. The third kappa shape index (κ3) is 5.44. The molecule has 28 heavy (non-hydrogen) atoms. The predicted octanol–water partition coefficient (Wildman–Crippen LogP) is 2.73. The van der Waals surface area contributed by atoms with Crippen LogP contribution in [0.15, 0.2) is 11.1 Å². The van der Waals surface area contributed by atoms with Gasteiger partial charge in [0.15, 0.2) is 5.96 Å². The van der Waals surface area contributed by atoms with Crippen molar-refractivity contribution in [3.63, 3.8) is 0 Å². The first-order chi connectivity index (χ1) is 12.7. The van der Waals surface area contributed by atoms with Crippen molar-refractivity contribution in [3.8, 4) is 0 Å². The highest BCUT2D eigenvalue weighted by atomic mass is 127. The van der Waals surface area contributed by atoms with Crippen LogP contribution in [0.3, 0.4) is 0 Å². The summed E-state index contributed by atoms with van der Waals surface area (Å²) in [5.41, 5.74) is 0.130. The zero-order valence-electron chi connectivity index (χ0n) is 16.4. The van der Waals surface area contributed by atoms with E-state index in [1.807, 2.05) is 14.0 Å². The molecule has 158 valence electrons. The zero-order valence-corrected chi connectivity index (χ0v) is 20.3. The summed E-state index contributed by atoms with van der Waals surface area (Å²) in [6.07, 6.45) is 1.18. The molecule has 1 aliphatic heterocycles. The Morgan fingerprint density at radius 3 is 2.50 bits per heavy atom. The smallest absolute Gasteiger partial charge is 0.325 e. The first-order valence-electron chi connectivity index (χ1n) is 8.81. The molecule has 0 aliphatic carbocycles. The van der Waals surface area contributed by atoms with Crippen molar-refractivity contribution in [3.05, 3.63) is 21.9 Å². The number of aromatic nitrogens is 1. The largest absolute Gasteiger partial charge is 0.356 e. The standard InChI is InChI=1S/C17H26Cl2N6O2.HI/c1-5-17(2)14(26)25(16(27)23-17)8-6-7-21-15(20-3)22-10-11-9-12(18)13(19)24(11)4;/h9H,5-8,10H2,1-4H3,(H,23,27)(H2,20,21,22);1H. The number of amides is 3. The van der Waals surface area contributed by atoms with Gasteiger partial charge in [0.1, 0.15) is 10.7 Å². The molecule has 1 saturated heterocycles. The molecular weight excluding hydrogens is 518 g/mol. The van der Waals surface area contributed by atoms with Gasteiger partial charge in [-0.3, -0.25) is 14.7 Å². The Labute approximate surface area is 192 Å². The summed E-state index contributed by atoms with van der Waals surface area (Å²) in [6, 6.07) is 1.47. The molecule has 1 aromatic heterocycles. The predicted molar refractivity (Wildman–Crippen MR) is 123 cm³/mol. The summed E-state index contributed by atoms with van der Waals surface area (Å²) in [5.74, 6) is 0.439. The summed E-state index contributed by atoms with van der Waals surface area (Å²) < 4.78 is 1.80. The molecule has 1 aliphatic rings. The van der Waals surface area contributed by atoms with Gasteiger partial charge in [-0.1, -0.05) is 30.1 Å². The van der Waals surface area contributed by atoms with E-state index in [0.29, 0.717) is 48.6 Å². The molecule has 2 heterocycles. The lowest BCUT2D eigenvalue weighted by atomic mass is 9.99. The van der Waals surface area contributed by atoms with Gasteiger partial charge in [0.05, 0.1) is 11.6 Å². The topological polar surface area (TPSA) is 90.8 Å². The molecule has 3 N–H and O–H groups in total. The number of carbonyl (C=O) groups excluding carboxylic acids is 2. The maximum atomic E-state index is 12.3. The molecule has 8 nitrogen and oxygen atoms in total. The molecule has 0 saturated carbocycles. The van der Waals surface area contributed by atoms with Crippen molar-refractivity contribution in [1.29, 1.82) is 0 Å². The van der Waals surface area contributed by atoms with E-state index in [9.17, 15) is 9.59 Å². The Hall–Kier alpha value is -1.20. The number of halogens is 3. The molecule has 1 fully saturated rings. The number of hydrogen-bond acceptors (Lipinski definition) is 3. The average Bonchev–Trinajstić information content (AvgIpc) is 3.02. The highest BCUT2D eigenvalue weighted by Gasteiger charge is 2.45. The maximum Gasteiger partial charge on any atom is 0.325 e. The number of nitrogens with one attached hydrogen (secondary N) is 3. The lowest BCUT2D eigenvalue weighted by Crippen LogP contribution is -2.43. The molecule has 0 aromatic carbocycles. The van der Waals surface area contributed by atoms with Gasteiger partial charge >= 0.3 is 6.03 Å². The zero-order chi connectivity index (χ0) is 20.2. The van der Waals surface area contributed by atoms with Crippen LogP contribution in [0.1, 0.15) is 32.4 Å². The van der Waals surface area contributed by atoms with Gasteiger partial charge in [-0.15, -0.1) is 24.0 Å². The maximum absolute atomic E-state index is 12.3. The van der Waals surface area contributed by atoms with E-state index in [1.54, 1.807) is 24.6 Å². The van der Waals surface area contributed by atoms with Gasteiger partial charge in [0.25, 0.3) is 5.91 Å². The third-order valence-corrected chi connectivity index (χ3v) is 5.62. The fourth-order valence-corrected chi connectivity index (χ4v) is 3.20. The van der Waals surface area contributed by atoms with E-state index >= 15 is 0 Å². The van der Waals surface area contributed by atoms with Gasteiger partial charge in [-0.05, 0) is 25.8 Å². The quantitative estimate of drug-likeness (QED) is 0.162. The number of rotatable bonds is 7. The van der Waals surface area contributed by atoms with Gasteiger partial charge in [-0.2, -0.15) is 0 Å². The summed E-state index contributed by atoms with van der Waals surface area (Å²) in [5, 5.41) is 10.1. The first-order valence-corrected chi connectivity index (χ1v) is 9.57. The van der Waals surface area contributed by atoms with Crippen molar-refractivity contribution in [2.75, 3.05) is 20.1 Å². The molecular formula is C17H27Cl2IN6O2. The van der Waals surface area contributed by atoms with Crippen LogP contribution >= 0.6 is 47.2 Å². The van der Waals surface area contributed by atoms with E-state index in [2.05, 4.69) is 20.9 Å². The van der Waals surface area contributed by atoms with Gasteiger partial charge in [-0.25, -0.2) is 4.79 Å². The molecule has 0 spiro atoms. The van der Waals surface area contributed by atoms with E-state index in [0.717, 1.165) is 5.69 Å². The van der Waals surface area contributed by atoms with Crippen LogP contribution in [-0.2, 0) is 18.4 Å². The SMILES string of the molecule is CCC1(C)NC(=O)N(CCCNC(=NC)NCc2cc(Cl)c(Cl)n2C)C1=O.I. The molecule has 11 heteroatoms. The third-order valence-electron chi connectivity index (χ3n) is 4.78. The number of guanidine groups is 1. The lowest BCUT2D eigenvalue weighted by Gasteiger charge is -2.19. The molecule has 1 atom stereocenters. The van der Waals surface area contributed by atoms with Crippen molar-refractivity contribution in [2.45, 2.75) is 38.8 Å². The van der Waals surface area contributed by atoms with Crippen molar-refractivity contribution in [2.24, 2.45) is 12.0 Å². The van der Waals surface area contributed by atoms with E-state index in [-0.39, 0.29) is 35.9 Å². The van der Waals surface area contributed by atoms with Crippen LogP contribution in [0.4, 0.5) is 4.79 Å². The van der Waals surface area contributed by atoms with Crippen LogP contribution < -0.4 is 16.0 Å². The highest BCUT2D eigenvalue weighted by molar-refractivity contribution is 14.0. The fourth-order valence-electron chi connectivity index (χ4n) is 2.79. The minimum atomic E-state index is -0.792. The highest BCUT2D eigenvalue weighted by Crippen LogP contribution is 2.25. The summed E-state index contributed by atoms with van der Waals surface area (Å²) in [6.45, 7) is 5.05. The van der Waals surface area contributed by atoms with E-state index in [1.165, 1.54) is 4.90 Å². The van der Waals surface area contributed by atoms with Gasteiger partial charge in [0.2, 0.25) is 0 Å². The Kier molecular flexibility index (Phi) is 9.35. The van der Waals surface area contributed by atoms with Crippen LogP contribution in [0, 0.1) is 0 Å². The first kappa shape index (κ1) is 24.8. The minimum Gasteiger partial charge on any atom is -0.356 e. The minimum absolute atomic E-state index is 0. The normalized spacial score (nSPS) is 19.5. The molecule has 1 aromatic rings. The molecule has 3 amide bonds. The fraction of sp³-hybridized carbons (Fsp3) is 0.588. The second-order valence-corrected chi connectivity index (χ2v) is 7.38. The van der Waals surface area contributed by atoms with Crippen LogP contribution in [-0.4, -0.2) is 53.0 Å². The number of hydrogen-bond donors (Lipinski definition) is 3. The number of carbonyl (C=O) groups is 2. The lowest BCUT2D eigenvalue weighted by molar-refractivity contribution is -0.130. The molecule has 0 bridgehead atoms. The summed E-state index contributed by atoms with van der Waals surface area (Å²) in [7, 11) is 3.51. The monoisotopic (exact) mass is 544 g/mol. The van der Waals surface area contributed by atoms with Crippen molar-refractivity contribution < 1.29 is 9.59 Å². The van der Waals surface area contributed by atoms with E-state index in [4.69, 9.17) is 23.2 Å². The van der Waals surface area contributed by atoms with Crippen LogP contribution in [0.5, 0.6) is 0 Å².